The molecule has 2 amide bonds. The smallest absolute Gasteiger partial charge is 0.249 e. The fourth-order valence-electron chi connectivity index (χ4n) is 3.48. The summed E-state index contributed by atoms with van der Waals surface area (Å²) in [6, 6.07) is 1.76. The van der Waals surface area contributed by atoms with E-state index in [4.69, 9.17) is 4.52 Å². The number of carbonyl (C=O) groups excluding carboxylic acids is 2. The molecule has 4 rings (SSSR count). The first-order chi connectivity index (χ1) is 13.5. The predicted octanol–water partition coefficient (Wildman–Crippen LogP) is 3.19. The maximum absolute atomic E-state index is 12.5. The zero-order chi connectivity index (χ0) is 19.7. The SMILES string of the molecule is CC(C)C(NC(=O)CCC(=O)N1CCc2sccc2C1)c1nc(C2CC2)no1. The minimum Gasteiger partial charge on any atom is -0.344 e. The molecule has 3 heterocycles. The van der Waals surface area contributed by atoms with Gasteiger partial charge in [0.25, 0.3) is 0 Å². The van der Waals surface area contributed by atoms with Gasteiger partial charge in [0.05, 0.1) is 0 Å². The molecule has 7 nitrogen and oxygen atoms in total. The number of carbonyl (C=O) groups is 2. The molecule has 1 unspecified atom stereocenters. The second kappa shape index (κ2) is 8.03. The number of nitrogens with zero attached hydrogens (tertiary/aromatic N) is 3. The minimum atomic E-state index is -0.328. The Bertz CT molecular complexity index is 855. The molecule has 2 aliphatic rings. The zero-order valence-electron chi connectivity index (χ0n) is 16.3. The average molecular weight is 403 g/mol. The van der Waals surface area contributed by atoms with Crippen molar-refractivity contribution in [3.05, 3.63) is 33.6 Å². The Morgan fingerprint density at radius 3 is 2.93 bits per heavy atom. The molecule has 150 valence electrons. The van der Waals surface area contributed by atoms with Crippen LogP contribution in [0.25, 0.3) is 0 Å². The Morgan fingerprint density at radius 2 is 2.18 bits per heavy atom. The molecule has 1 aliphatic carbocycles. The normalized spacial score (nSPS) is 17.5. The van der Waals surface area contributed by atoms with Gasteiger partial charge < -0.3 is 14.7 Å². The van der Waals surface area contributed by atoms with Gasteiger partial charge in [-0.25, -0.2) is 0 Å². The third-order valence-electron chi connectivity index (χ3n) is 5.38. The van der Waals surface area contributed by atoms with E-state index in [0.717, 1.165) is 31.6 Å². The minimum absolute atomic E-state index is 0.0295. The highest BCUT2D eigenvalue weighted by Gasteiger charge is 2.31. The highest BCUT2D eigenvalue weighted by atomic mass is 32.1. The van der Waals surface area contributed by atoms with Crippen LogP contribution in [0.4, 0.5) is 0 Å². The van der Waals surface area contributed by atoms with Crippen molar-refractivity contribution in [3.8, 4) is 0 Å². The van der Waals surface area contributed by atoms with Crippen molar-refractivity contribution in [2.45, 2.75) is 64.5 Å². The van der Waals surface area contributed by atoms with Crippen LogP contribution >= 0.6 is 11.3 Å². The molecular weight excluding hydrogens is 376 g/mol. The van der Waals surface area contributed by atoms with Crippen molar-refractivity contribution in [1.82, 2.24) is 20.4 Å². The number of fused-ring (bicyclic) bond motifs is 1. The van der Waals surface area contributed by atoms with Crippen LogP contribution in [-0.2, 0) is 22.6 Å². The Balaban J connectivity index is 1.29. The number of thiophene rings is 1. The molecule has 2 aromatic heterocycles. The fraction of sp³-hybridized carbons (Fsp3) is 0.600. The third kappa shape index (κ3) is 4.27. The lowest BCUT2D eigenvalue weighted by molar-refractivity contribution is -0.134. The van der Waals surface area contributed by atoms with Gasteiger partial charge in [0.1, 0.15) is 6.04 Å². The highest BCUT2D eigenvalue weighted by molar-refractivity contribution is 7.10. The largest absolute Gasteiger partial charge is 0.344 e. The van der Waals surface area contributed by atoms with Crippen molar-refractivity contribution in [1.29, 1.82) is 0 Å². The molecule has 0 bridgehead atoms. The predicted molar refractivity (Wildman–Crippen MR) is 105 cm³/mol. The Morgan fingerprint density at radius 1 is 1.36 bits per heavy atom. The van der Waals surface area contributed by atoms with Crippen molar-refractivity contribution in [3.63, 3.8) is 0 Å². The third-order valence-corrected chi connectivity index (χ3v) is 6.40. The van der Waals surface area contributed by atoms with Crippen LogP contribution in [0.1, 0.15) is 73.6 Å². The first-order valence-electron chi connectivity index (χ1n) is 9.97. The lowest BCUT2D eigenvalue weighted by atomic mass is 10.0. The number of hydrogen-bond acceptors (Lipinski definition) is 6. The van der Waals surface area contributed by atoms with Gasteiger partial charge >= 0.3 is 0 Å². The van der Waals surface area contributed by atoms with Gasteiger partial charge in [0.2, 0.25) is 17.7 Å². The van der Waals surface area contributed by atoms with E-state index in [-0.39, 0.29) is 36.6 Å². The van der Waals surface area contributed by atoms with Gasteiger partial charge in [-0.1, -0.05) is 19.0 Å². The molecule has 1 fully saturated rings. The van der Waals surface area contributed by atoms with Gasteiger partial charge in [-0.2, -0.15) is 4.98 Å². The lowest BCUT2D eigenvalue weighted by Gasteiger charge is -2.27. The van der Waals surface area contributed by atoms with Gasteiger partial charge in [-0.15, -0.1) is 11.3 Å². The Hall–Kier alpha value is -2.22. The van der Waals surface area contributed by atoms with Crippen LogP contribution < -0.4 is 5.32 Å². The van der Waals surface area contributed by atoms with E-state index in [0.29, 0.717) is 18.4 Å². The maximum Gasteiger partial charge on any atom is 0.249 e. The Labute approximate surface area is 168 Å². The summed E-state index contributed by atoms with van der Waals surface area (Å²) < 4.78 is 5.39. The molecule has 1 saturated carbocycles. The quantitative estimate of drug-likeness (QED) is 0.768. The molecule has 0 spiro atoms. The summed E-state index contributed by atoms with van der Waals surface area (Å²) in [7, 11) is 0. The van der Waals surface area contributed by atoms with Crippen LogP contribution in [0.2, 0.25) is 0 Å². The topological polar surface area (TPSA) is 88.3 Å². The molecular formula is C20H26N4O3S. The zero-order valence-corrected chi connectivity index (χ0v) is 17.1. The van der Waals surface area contributed by atoms with Crippen LogP contribution in [-0.4, -0.2) is 33.4 Å². The average Bonchev–Trinajstić information content (AvgIpc) is 3.23. The summed E-state index contributed by atoms with van der Waals surface area (Å²) in [5, 5.41) is 9.09. The molecule has 2 aromatic rings. The summed E-state index contributed by atoms with van der Waals surface area (Å²) >= 11 is 1.75. The van der Waals surface area contributed by atoms with Gasteiger partial charge in [0.15, 0.2) is 5.82 Å². The van der Waals surface area contributed by atoms with E-state index in [1.807, 2.05) is 18.7 Å². The lowest BCUT2D eigenvalue weighted by Crippen LogP contribution is -2.37. The number of rotatable bonds is 7. The summed E-state index contributed by atoms with van der Waals surface area (Å²) in [6.45, 7) is 5.39. The van der Waals surface area contributed by atoms with Crippen LogP contribution in [0.5, 0.6) is 0 Å². The molecule has 0 radical (unpaired) electrons. The van der Waals surface area contributed by atoms with E-state index in [2.05, 4.69) is 26.9 Å². The summed E-state index contributed by atoms with van der Waals surface area (Å²) in [4.78, 5) is 32.7. The van der Waals surface area contributed by atoms with Gasteiger partial charge in [0, 0.05) is 36.7 Å². The second-order valence-electron chi connectivity index (χ2n) is 7.99. The first kappa shape index (κ1) is 19.1. The van der Waals surface area contributed by atoms with Crippen LogP contribution in [0, 0.1) is 5.92 Å². The summed E-state index contributed by atoms with van der Waals surface area (Å²) in [5.41, 5.74) is 1.23. The number of aromatic nitrogens is 2. The molecule has 1 aliphatic heterocycles. The summed E-state index contributed by atoms with van der Waals surface area (Å²) in [5.74, 6) is 1.59. The first-order valence-corrected chi connectivity index (χ1v) is 10.8. The number of amides is 2. The number of nitrogens with one attached hydrogen (secondary N) is 1. The van der Waals surface area contributed by atoms with E-state index < -0.39 is 0 Å². The van der Waals surface area contributed by atoms with Crippen LogP contribution in [0.15, 0.2) is 16.0 Å². The molecule has 0 saturated heterocycles. The van der Waals surface area contributed by atoms with E-state index in [1.54, 1.807) is 11.3 Å². The van der Waals surface area contributed by atoms with Crippen molar-refractivity contribution < 1.29 is 14.1 Å². The van der Waals surface area contributed by atoms with Crippen molar-refractivity contribution in [2.24, 2.45) is 5.92 Å². The molecule has 28 heavy (non-hydrogen) atoms. The second-order valence-corrected chi connectivity index (χ2v) is 8.99. The van der Waals surface area contributed by atoms with Gasteiger partial charge in [-0.3, -0.25) is 9.59 Å². The Kier molecular flexibility index (Phi) is 5.48. The van der Waals surface area contributed by atoms with Crippen molar-refractivity contribution >= 4 is 23.2 Å². The van der Waals surface area contributed by atoms with E-state index in [9.17, 15) is 9.59 Å². The molecule has 1 atom stereocenters. The van der Waals surface area contributed by atoms with E-state index in [1.165, 1.54) is 10.4 Å². The summed E-state index contributed by atoms with van der Waals surface area (Å²) in [6.07, 6.45) is 3.49. The monoisotopic (exact) mass is 402 g/mol. The molecule has 8 heteroatoms. The maximum atomic E-state index is 12.5. The number of hydrogen-bond donors (Lipinski definition) is 1. The van der Waals surface area contributed by atoms with Crippen LogP contribution in [0.3, 0.4) is 0 Å². The van der Waals surface area contributed by atoms with Crippen molar-refractivity contribution in [2.75, 3.05) is 6.54 Å². The van der Waals surface area contributed by atoms with Gasteiger partial charge in [-0.05, 0) is 42.2 Å². The van der Waals surface area contributed by atoms with E-state index >= 15 is 0 Å². The molecule has 0 aromatic carbocycles. The highest BCUT2D eigenvalue weighted by Crippen LogP contribution is 2.38. The fourth-order valence-corrected chi connectivity index (χ4v) is 4.37. The molecule has 1 N–H and O–H groups in total. The standard InChI is InChI=1S/C20H26N4O3S/c1-12(2)18(20-22-19(23-27-20)13-3-4-13)21-16(25)5-6-17(26)24-9-7-15-14(11-24)8-10-28-15/h8,10,12-13,18H,3-7,9,11H2,1-2H3,(H,21,25).